The summed E-state index contributed by atoms with van der Waals surface area (Å²) in [6.45, 7) is 2.20. The fourth-order valence-corrected chi connectivity index (χ4v) is 0.420. The predicted octanol–water partition coefficient (Wildman–Crippen LogP) is -0.695. The van der Waals surface area contributed by atoms with E-state index in [9.17, 15) is 4.79 Å². The van der Waals surface area contributed by atoms with Gasteiger partial charge in [-0.05, 0) is 6.92 Å². The highest BCUT2D eigenvalue weighted by atomic mass is 32.1. The van der Waals surface area contributed by atoms with Crippen LogP contribution in [0, 0.1) is 0 Å². The first-order valence-corrected chi connectivity index (χ1v) is 2.75. The second-order valence-electron chi connectivity index (χ2n) is 1.51. The first-order valence-electron chi connectivity index (χ1n) is 2.38. The molecule has 0 spiro atoms. The lowest BCUT2D eigenvalue weighted by molar-refractivity contribution is -0.853. The SMILES string of the molecule is CC(=O)CC[NH2+]OS. The molecule has 8 heavy (non-hydrogen) atoms. The minimum Gasteiger partial charge on any atom is -0.300 e. The fraction of sp³-hybridized carbons (Fsp3) is 0.750. The highest BCUT2D eigenvalue weighted by molar-refractivity contribution is 7.74. The number of ketones is 1. The molecule has 0 atom stereocenters. The summed E-state index contributed by atoms with van der Waals surface area (Å²) >= 11 is 3.46. The molecular formula is C4H10NO2S+. The molecule has 4 heteroatoms. The molecule has 0 radical (unpaired) electrons. The highest BCUT2D eigenvalue weighted by Gasteiger charge is 1.92. The lowest BCUT2D eigenvalue weighted by atomic mass is 10.3. The van der Waals surface area contributed by atoms with Crippen molar-refractivity contribution < 1.29 is 14.6 Å². The summed E-state index contributed by atoms with van der Waals surface area (Å²) in [7, 11) is 0. The first kappa shape index (κ1) is 7.94. The summed E-state index contributed by atoms with van der Waals surface area (Å²) in [6.07, 6.45) is 0.542. The van der Waals surface area contributed by atoms with Crippen molar-refractivity contribution in [2.24, 2.45) is 0 Å². The van der Waals surface area contributed by atoms with E-state index in [0.29, 0.717) is 13.0 Å². The molecule has 0 bridgehead atoms. The van der Waals surface area contributed by atoms with Gasteiger partial charge in [-0.2, -0.15) is 5.48 Å². The van der Waals surface area contributed by atoms with Crippen molar-refractivity contribution in [3.05, 3.63) is 0 Å². The number of hydroxylamine groups is 1. The third-order valence-corrected chi connectivity index (χ3v) is 0.838. The number of hydrogen-bond donors (Lipinski definition) is 2. The van der Waals surface area contributed by atoms with E-state index in [0.717, 1.165) is 0 Å². The van der Waals surface area contributed by atoms with Gasteiger partial charge in [0.15, 0.2) is 0 Å². The Kier molecular flexibility index (Phi) is 5.05. The molecule has 0 saturated carbocycles. The Balaban J connectivity index is 2.82. The third kappa shape index (κ3) is 5.94. The zero-order valence-electron chi connectivity index (χ0n) is 4.76. The van der Waals surface area contributed by atoms with Crippen LogP contribution in [0.4, 0.5) is 0 Å². The largest absolute Gasteiger partial charge is 0.300 e. The number of hydrogen-bond acceptors (Lipinski definition) is 3. The highest BCUT2D eigenvalue weighted by Crippen LogP contribution is 1.72. The summed E-state index contributed by atoms with van der Waals surface area (Å²) in [5, 5.41) is 0. The lowest BCUT2D eigenvalue weighted by Gasteiger charge is -1.89. The molecule has 0 aromatic carbocycles. The van der Waals surface area contributed by atoms with Gasteiger partial charge in [0, 0.05) is 12.9 Å². The van der Waals surface area contributed by atoms with Crippen LogP contribution in [0.5, 0.6) is 0 Å². The van der Waals surface area contributed by atoms with Gasteiger partial charge in [-0.15, -0.1) is 4.28 Å². The zero-order chi connectivity index (χ0) is 6.41. The molecule has 0 heterocycles. The molecule has 48 valence electrons. The van der Waals surface area contributed by atoms with E-state index in [1.807, 2.05) is 0 Å². The molecule has 0 fully saturated rings. The van der Waals surface area contributed by atoms with Crippen LogP contribution in [0.1, 0.15) is 13.3 Å². The normalized spacial score (nSPS) is 9.25. The Hall–Kier alpha value is -0.0600. The summed E-state index contributed by atoms with van der Waals surface area (Å²) in [6, 6.07) is 0. The van der Waals surface area contributed by atoms with Crippen LogP contribution in [0.2, 0.25) is 0 Å². The van der Waals surface area contributed by atoms with Crippen molar-refractivity contribution in [2.45, 2.75) is 13.3 Å². The Bertz CT molecular complexity index is 76.4. The van der Waals surface area contributed by atoms with E-state index in [1.165, 1.54) is 5.48 Å². The standard InChI is InChI=1S/C4H9NO2S/c1-4(6)2-3-5-7-8/h5,8H,2-3H2,1H3/p+1. The van der Waals surface area contributed by atoms with Gasteiger partial charge in [0.25, 0.3) is 0 Å². The molecule has 0 aromatic heterocycles. The van der Waals surface area contributed by atoms with Crippen molar-refractivity contribution >= 4 is 18.7 Å². The smallest absolute Gasteiger partial charge is 0.135 e. The Morgan fingerprint density at radius 2 is 2.50 bits per heavy atom. The second-order valence-corrected chi connectivity index (χ2v) is 1.72. The maximum Gasteiger partial charge on any atom is 0.135 e. The average Bonchev–Trinajstić information content (AvgIpc) is 1.66. The van der Waals surface area contributed by atoms with Crippen LogP contribution in [0.25, 0.3) is 0 Å². The molecule has 3 nitrogen and oxygen atoms in total. The number of nitrogens with two attached hydrogens (primary N) is 1. The number of carbonyl (C=O) groups is 1. The monoisotopic (exact) mass is 136 g/mol. The molecule has 0 amide bonds. The van der Waals surface area contributed by atoms with Gasteiger partial charge in [0.1, 0.15) is 12.3 Å². The maximum atomic E-state index is 10.2. The Morgan fingerprint density at radius 3 is 2.88 bits per heavy atom. The van der Waals surface area contributed by atoms with Crippen molar-refractivity contribution in [1.82, 2.24) is 0 Å². The van der Waals surface area contributed by atoms with Gasteiger partial charge in [-0.1, -0.05) is 0 Å². The van der Waals surface area contributed by atoms with Crippen LogP contribution in [-0.2, 0) is 9.08 Å². The maximum absolute atomic E-state index is 10.2. The van der Waals surface area contributed by atoms with Crippen molar-refractivity contribution in [1.29, 1.82) is 0 Å². The predicted molar refractivity (Wildman–Crippen MR) is 32.2 cm³/mol. The molecule has 0 rings (SSSR count). The van der Waals surface area contributed by atoms with Gasteiger partial charge >= 0.3 is 0 Å². The zero-order valence-corrected chi connectivity index (χ0v) is 5.65. The first-order chi connectivity index (χ1) is 3.77. The van der Waals surface area contributed by atoms with E-state index in [-0.39, 0.29) is 5.78 Å². The minimum atomic E-state index is 0.173. The molecule has 0 aliphatic carbocycles. The number of carbonyl (C=O) groups excluding carboxylic acids is 1. The fourth-order valence-electron chi connectivity index (χ4n) is 0.315. The van der Waals surface area contributed by atoms with E-state index >= 15 is 0 Å². The summed E-state index contributed by atoms with van der Waals surface area (Å²) in [5.74, 6) is 0.173. The van der Waals surface area contributed by atoms with Crippen LogP contribution < -0.4 is 5.48 Å². The van der Waals surface area contributed by atoms with Gasteiger partial charge in [0.2, 0.25) is 0 Å². The van der Waals surface area contributed by atoms with Gasteiger partial charge in [-0.25, -0.2) is 0 Å². The van der Waals surface area contributed by atoms with Crippen LogP contribution in [0.3, 0.4) is 0 Å². The summed E-state index contributed by atoms with van der Waals surface area (Å²) in [5.41, 5.74) is 1.49. The molecule has 0 aliphatic heterocycles. The molecule has 0 aliphatic rings. The molecule has 0 aromatic rings. The van der Waals surface area contributed by atoms with E-state index < -0.39 is 0 Å². The van der Waals surface area contributed by atoms with Gasteiger partial charge < -0.3 is 0 Å². The topological polar surface area (TPSA) is 42.9 Å². The average molecular weight is 136 g/mol. The Labute approximate surface area is 54.0 Å². The third-order valence-electron chi connectivity index (χ3n) is 0.689. The van der Waals surface area contributed by atoms with Crippen molar-refractivity contribution in [3.63, 3.8) is 0 Å². The number of quaternary nitrogens is 1. The quantitative estimate of drug-likeness (QED) is 0.232. The van der Waals surface area contributed by atoms with Crippen molar-refractivity contribution in [3.8, 4) is 0 Å². The van der Waals surface area contributed by atoms with E-state index in [1.54, 1.807) is 6.92 Å². The van der Waals surface area contributed by atoms with Crippen LogP contribution >= 0.6 is 12.9 Å². The number of thiol groups is 1. The molecular weight excluding hydrogens is 126 g/mol. The lowest BCUT2D eigenvalue weighted by Crippen LogP contribution is -2.81. The van der Waals surface area contributed by atoms with E-state index in [4.69, 9.17) is 0 Å². The molecule has 0 saturated heterocycles. The van der Waals surface area contributed by atoms with Gasteiger partial charge in [-0.3, -0.25) is 4.79 Å². The van der Waals surface area contributed by atoms with Crippen LogP contribution in [-0.4, -0.2) is 12.3 Å². The number of rotatable bonds is 4. The summed E-state index contributed by atoms with van der Waals surface area (Å²) < 4.78 is 4.31. The number of Topliss-reactive ketones (excluding diaryl/α,β-unsaturated/α-hetero) is 1. The second kappa shape index (κ2) is 5.08. The van der Waals surface area contributed by atoms with E-state index in [2.05, 4.69) is 17.2 Å². The molecule has 0 unspecified atom stereocenters. The van der Waals surface area contributed by atoms with Crippen LogP contribution in [0.15, 0.2) is 0 Å². The molecule has 2 N–H and O–H groups in total. The minimum absolute atomic E-state index is 0.173. The Morgan fingerprint density at radius 1 is 1.88 bits per heavy atom. The van der Waals surface area contributed by atoms with Gasteiger partial charge in [0.05, 0.1) is 6.42 Å². The summed E-state index contributed by atoms with van der Waals surface area (Å²) in [4.78, 5) is 10.2. The van der Waals surface area contributed by atoms with Crippen molar-refractivity contribution in [2.75, 3.05) is 6.54 Å².